The number of hydrogen-bond acceptors (Lipinski definition) is 9. The van der Waals surface area contributed by atoms with Gasteiger partial charge in [0.15, 0.2) is 0 Å². The number of likely N-dealkylation sites (tertiary alicyclic amines) is 1. The molecule has 1 amide bonds. The number of rotatable bonds is 7. The Bertz CT molecular complexity index is 1420. The molecule has 0 saturated carbocycles. The highest BCUT2D eigenvalue weighted by Crippen LogP contribution is 2.45. The largest absolute Gasteiger partial charge is 0.495 e. The fourth-order valence-electron chi connectivity index (χ4n) is 5.04. The molecule has 1 saturated heterocycles. The minimum absolute atomic E-state index is 0.0262. The van der Waals surface area contributed by atoms with E-state index >= 15 is 0 Å². The maximum absolute atomic E-state index is 13.0. The summed E-state index contributed by atoms with van der Waals surface area (Å²) in [6.07, 6.45) is 2.36. The number of benzene rings is 2. The molecule has 0 spiro atoms. The number of aliphatic hydroxyl groups excluding tert-OH is 1. The molecule has 2 aromatic carbocycles. The van der Waals surface area contributed by atoms with Crippen LogP contribution in [-0.2, 0) is 0 Å². The van der Waals surface area contributed by atoms with Crippen LogP contribution in [0.2, 0.25) is 10.0 Å². The lowest BCUT2D eigenvalue weighted by atomic mass is 10.0. The van der Waals surface area contributed by atoms with E-state index < -0.39 is 6.23 Å². The molecule has 1 aromatic heterocycles. The molecule has 2 atom stereocenters. The van der Waals surface area contributed by atoms with Gasteiger partial charge in [-0.1, -0.05) is 35.3 Å². The highest BCUT2D eigenvalue weighted by molar-refractivity contribution is 6.34. The zero-order chi connectivity index (χ0) is 28.6. The van der Waals surface area contributed by atoms with Gasteiger partial charge in [0, 0.05) is 17.6 Å². The van der Waals surface area contributed by atoms with Gasteiger partial charge in [0.05, 0.1) is 29.6 Å². The third kappa shape index (κ3) is 5.68. The molecule has 0 bridgehead atoms. The maximum atomic E-state index is 13.0. The summed E-state index contributed by atoms with van der Waals surface area (Å²) in [6.45, 7) is 3.88. The van der Waals surface area contributed by atoms with Crippen molar-refractivity contribution < 1.29 is 19.4 Å². The van der Waals surface area contributed by atoms with E-state index in [1.165, 1.54) is 13.3 Å². The van der Waals surface area contributed by atoms with Crippen LogP contribution >= 0.6 is 23.2 Å². The zero-order valence-electron chi connectivity index (χ0n) is 22.7. The number of aliphatic hydroxyl groups is 1. The second kappa shape index (κ2) is 11.8. The summed E-state index contributed by atoms with van der Waals surface area (Å²) >= 11 is 12.9. The standard InChI is InChI=1S/C28H32Cl2N6O4/c1-15-17-6-5-7-22(24(17)27(38)36(15)3)40-26-20(30)14-31-28(34-26)33-21-13-19(29)18(12-23(21)39-4)25(37)32-16-8-10-35(2)11-9-16/h5-7,12-16,27,38H,8-11H2,1-4H3,(H,32,37)(H,31,33,34)/t15-,27?/m0/s1. The van der Waals surface area contributed by atoms with Crippen LogP contribution in [0.4, 0.5) is 11.6 Å². The number of nitrogens with one attached hydrogen (secondary N) is 2. The van der Waals surface area contributed by atoms with Gasteiger partial charge < -0.3 is 30.1 Å². The molecule has 1 unspecified atom stereocenters. The summed E-state index contributed by atoms with van der Waals surface area (Å²) in [6, 6.07) is 8.90. The molecule has 212 valence electrons. The van der Waals surface area contributed by atoms with Crippen LogP contribution < -0.4 is 20.1 Å². The quantitative estimate of drug-likeness (QED) is 0.346. The van der Waals surface area contributed by atoms with Gasteiger partial charge in [0.1, 0.15) is 22.7 Å². The minimum atomic E-state index is -0.819. The van der Waals surface area contributed by atoms with Crippen molar-refractivity contribution in [2.75, 3.05) is 39.6 Å². The van der Waals surface area contributed by atoms with Crippen molar-refractivity contribution in [2.45, 2.75) is 38.1 Å². The van der Waals surface area contributed by atoms with E-state index in [1.807, 2.05) is 31.0 Å². The molecule has 40 heavy (non-hydrogen) atoms. The molecule has 1 fully saturated rings. The highest BCUT2D eigenvalue weighted by atomic mass is 35.5. The fraction of sp³-hybridized carbons (Fsp3) is 0.393. The van der Waals surface area contributed by atoms with Gasteiger partial charge in [0.2, 0.25) is 11.8 Å². The topological polar surface area (TPSA) is 112 Å². The first-order valence-corrected chi connectivity index (χ1v) is 13.8. The van der Waals surface area contributed by atoms with E-state index in [0.717, 1.165) is 31.5 Å². The molecule has 3 N–H and O–H groups in total. The second-order valence-corrected chi connectivity index (χ2v) is 10.9. The van der Waals surface area contributed by atoms with E-state index in [-0.39, 0.29) is 39.9 Å². The molecule has 0 aliphatic carbocycles. The Hall–Kier alpha value is -3.15. The SMILES string of the molecule is COc1cc(C(=O)NC2CCN(C)CC2)c(Cl)cc1Nc1ncc(Cl)c(Oc2cccc3c2C(O)N(C)[C@H]3C)n1. The molecule has 10 nitrogen and oxygen atoms in total. The van der Waals surface area contributed by atoms with E-state index in [1.54, 1.807) is 18.2 Å². The van der Waals surface area contributed by atoms with Crippen molar-refractivity contribution in [1.29, 1.82) is 0 Å². The highest BCUT2D eigenvalue weighted by Gasteiger charge is 2.35. The lowest BCUT2D eigenvalue weighted by molar-refractivity contribution is 0.0158. The molecule has 5 rings (SSSR count). The Balaban J connectivity index is 1.36. The zero-order valence-corrected chi connectivity index (χ0v) is 24.3. The van der Waals surface area contributed by atoms with Gasteiger partial charge in [-0.25, -0.2) is 4.98 Å². The first-order chi connectivity index (χ1) is 19.2. The minimum Gasteiger partial charge on any atom is -0.495 e. The number of carbonyl (C=O) groups excluding carboxylic acids is 1. The number of nitrogens with zero attached hydrogens (tertiary/aromatic N) is 4. The van der Waals surface area contributed by atoms with E-state index in [4.69, 9.17) is 32.7 Å². The number of fused-ring (bicyclic) bond motifs is 1. The second-order valence-electron chi connectivity index (χ2n) is 10.1. The Morgan fingerprint density at radius 1 is 1.12 bits per heavy atom. The van der Waals surface area contributed by atoms with Crippen molar-refractivity contribution in [3.05, 3.63) is 63.3 Å². The molecule has 3 heterocycles. The summed E-state index contributed by atoms with van der Waals surface area (Å²) in [7, 11) is 5.42. The maximum Gasteiger partial charge on any atom is 0.253 e. The summed E-state index contributed by atoms with van der Waals surface area (Å²) in [4.78, 5) is 25.8. The number of ether oxygens (including phenoxy) is 2. The average molecular weight is 588 g/mol. The van der Waals surface area contributed by atoms with Crippen LogP contribution in [0.1, 0.15) is 53.5 Å². The van der Waals surface area contributed by atoms with Crippen molar-refractivity contribution in [3.63, 3.8) is 0 Å². The van der Waals surface area contributed by atoms with E-state index in [9.17, 15) is 9.90 Å². The van der Waals surface area contributed by atoms with Crippen LogP contribution in [0.3, 0.4) is 0 Å². The van der Waals surface area contributed by atoms with Crippen molar-refractivity contribution in [1.82, 2.24) is 25.1 Å². The van der Waals surface area contributed by atoms with Gasteiger partial charge >= 0.3 is 0 Å². The Kier molecular flexibility index (Phi) is 8.34. The monoisotopic (exact) mass is 586 g/mol. The fourth-order valence-corrected chi connectivity index (χ4v) is 5.42. The predicted octanol–water partition coefficient (Wildman–Crippen LogP) is 5.15. The van der Waals surface area contributed by atoms with Crippen molar-refractivity contribution in [2.24, 2.45) is 0 Å². The number of anilines is 2. The van der Waals surface area contributed by atoms with E-state index in [0.29, 0.717) is 28.3 Å². The molecule has 3 aromatic rings. The molecular weight excluding hydrogens is 555 g/mol. The number of aromatic nitrogens is 2. The third-order valence-electron chi connectivity index (χ3n) is 7.56. The lowest BCUT2D eigenvalue weighted by Crippen LogP contribution is -2.43. The van der Waals surface area contributed by atoms with Crippen molar-refractivity contribution >= 4 is 40.7 Å². The Labute approximate surface area is 243 Å². The third-order valence-corrected chi connectivity index (χ3v) is 8.13. The van der Waals surface area contributed by atoms with Crippen molar-refractivity contribution in [3.8, 4) is 17.4 Å². The smallest absolute Gasteiger partial charge is 0.253 e. The summed E-state index contributed by atoms with van der Waals surface area (Å²) in [5.41, 5.74) is 2.42. The first kappa shape index (κ1) is 28.4. The number of halogens is 2. The summed E-state index contributed by atoms with van der Waals surface area (Å²) in [5.74, 6) is 0.880. The average Bonchev–Trinajstić information content (AvgIpc) is 3.16. The molecule has 2 aliphatic rings. The van der Waals surface area contributed by atoms with Gasteiger partial charge in [-0.15, -0.1) is 0 Å². The number of amides is 1. The first-order valence-electron chi connectivity index (χ1n) is 13.0. The summed E-state index contributed by atoms with van der Waals surface area (Å²) in [5, 5.41) is 17.4. The van der Waals surface area contributed by atoms with Gasteiger partial charge in [-0.3, -0.25) is 9.69 Å². The number of carbonyl (C=O) groups is 1. The van der Waals surface area contributed by atoms with Crippen LogP contribution in [0, 0.1) is 0 Å². The number of hydrogen-bond donors (Lipinski definition) is 3. The number of piperidine rings is 1. The lowest BCUT2D eigenvalue weighted by Gasteiger charge is -2.29. The Morgan fingerprint density at radius 3 is 2.60 bits per heavy atom. The van der Waals surface area contributed by atoms with Crippen LogP contribution in [0.15, 0.2) is 36.5 Å². The summed E-state index contributed by atoms with van der Waals surface area (Å²) < 4.78 is 11.6. The van der Waals surface area contributed by atoms with E-state index in [2.05, 4.69) is 32.5 Å². The number of methoxy groups -OCH3 is 1. The normalized spacial score (nSPS) is 19.8. The Morgan fingerprint density at radius 2 is 1.88 bits per heavy atom. The molecule has 12 heteroatoms. The van der Waals surface area contributed by atoms with Crippen LogP contribution in [-0.4, -0.2) is 71.1 Å². The van der Waals surface area contributed by atoms with Gasteiger partial charge in [0.25, 0.3) is 5.91 Å². The molecule has 2 aliphatic heterocycles. The van der Waals surface area contributed by atoms with Crippen LogP contribution in [0.5, 0.6) is 17.4 Å². The molecular formula is C28H32Cl2N6O4. The predicted molar refractivity (Wildman–Crippen MR) is 154 cm³/mol. The van der Waals surface area contributed by atoms with Gasteiger partial charge in [-0.2, -0.15) is 4.98 Å². The van der Waals surface area contributed by atoms with Gasteiger partial charge in [-0.05, 0) is 70.7 Å². The molecule has 0 radical (unpaired) electrons. The van der Waals surface area contributed by atoms with Crippen LogP contribution in [0.25, 0.3) is 0 Å².